The van der Waals surface area contributed by atoms with Crippen LogP contribution in [-0.2, 0) is 13.0 Å². The van der Waals surface area contributed by atoms with Crippen LogP contribution in [0.15, 0.2) is 30.3 Å². The Hall–Kier alpha value is -3.16. The first-order valence-electron chi connectivity index (χ1n) is 9.80. The normalized spacial score (nSPS) is 14.0. The molecule has 1 aliphatic heterocycles. The van der Waals surface area contributed by atoms with Gasteiger partial charge < -0.3 is 4.57 Å². The van der Waals surface area contributed by atoms with Gasteiger partial charge in [0.2, 0.25) is 0 Å². The third kappa shape index (κ3) is 2.90. The molecule has 0 fully saturated rings. The predicted molar refractivity (Wildman–Crippen MR) is 104 cm³/mol. The molecule has 8 heteroatoms. The van der Waals surface area contributed by atoms with Crippen LogP contribution >= 0.6 is 0 Å². The Morgan fingerprint density at radius 3 is 2.69 bits per heavy atom. The molecule has 29 heavy (non-hydrogen) atoms. The molecule has 0 atom stereocenters. The first-order valence-corrected chi connectivity index (χ1v) is 9.80. The molecule has 5 rings (SSSR count). The molecule has 0 unspecified atom stereocenters. The molecule has 4 aromatic rings. The van der Waals surface area contributed by atoms with Gasteiger partial charge in [-0.05, 0) is 37.1 Å². The molecular formula is C21H20F2N6. The largest absolute Gasteiger partial charge is 0.326 e. The van der Waals surface area contributed by atoms with Crippen molar-refractivity contribution in [1.29, 1.82) is 0 Å². The van der Waals surface area contributed by atoms with Gasteiger partial charge in [0.1, 0.15) is 28.8 Å². The van der Waals surface area contributed by atoms with Crippen LogP contribution in [0.5, 0.6) is 0 Å². The number of halogens is 2. The highest BCUT2D eigenvalue weighted by Gasteiger charge is 2.25. The van der Waals surface area contributed by atoms with Crippen molar-refractivity contribution in [2.75, 3.05) is 0 Å². The van der Waals surface area contributed by atoms with E-state index in [1.807, 2.05) is 26.0 Å². The Kier molecular flexibility index (Phi) is 4.15. The molecule has 148 valence electrons. The minimum atomic E-state index is -0.630. The van der Waals surface area contributed by atoms with Gasteiger partial charge >= 0.3 is 0 Å². The molecular weight excluding hydrogens is 374 g/mol. The fraction of sp³-hybridized carbons (Fsp3) is 0.333. The third-order valence-electron chi connectivity index (χ3n) is 5.31. The van der Waals surface area contributed by atoms with E-state index in [-0.39, 0.29) is 11.5 Å². The fourth-order valence-electron chi connectivity index (χ4n) is 3.90. The molecule has 6 nitrogen and oxygen atoms in total. The SMILES string of the molecule is CC(C)c1nnc2ccc(-c3c(-c4ccc(F)cc4F)nc4n3CCCC4)nn12. The number of fused-ring (bicyclic) bond motifs is 2. The first kappa shape index (κ1) is 17.9. The molecule has 0 saturated carbocycles. The van der Waals surface area contributed by atoms with Gasteiger partial charge in [-0.1, -0.05) is 13.8 Å². The maximum absolute atomic E-state index is 14.6. The number of rotatable bonds is 3. The van der Waals surface area contributed by atoms with Crippen LogP contribution in [0, 0.1) is 11.6 Å². The van der Waals surface area contributed by atoms with Crippen molar-refractivity contribution in [2.45, 2.75) is 45.6 Å². The van der Waals surface area contributed by atoms with E-state index in [0.29, 0.717) is 17.0 Å². The average Bonchev–Trinajstić information content (AvgIpc) is 3.28. The van der Waals surface area contributed by atoms with Crippen molar-refractivity contribution in [2.24, 2.45) is 0 Å². The smallest absolute Gasteiger partial charge is 0.177 e. The van der Waals surface area contributed by atoms with Crippen molar-refractivity contribution in [1.82, 2.24) is 29.4 Å². The monoisotopic (exact) mass is 394 g/mol. The molecule has 0 N–H and O–H groups in total. The molecule has 1 aliphatic rings. The lowest BCUT2D eigenvalue weighted by atomic mass is 10.1. The van der Waals surface area contributed by atoms with Gasteiger partial charge in [0.25, 0.3) is 0 Å². The van der Waals surface area contributed by atoms with Gasteiger partial charge in [-0.25, -0.2) is 13.8 Å². The fourth-order valence-corrected chi connectivity index (χ4v) is 3.90. The van der Waals surface area contributed by atoms with Crippen molar-refractivity contribution < 1.29 is 8.78 Å². The van der Waals surface area contributed by atoms with Gasteiger partial charge in [-0.15, -0.1) is 10.2 Å². The number of hydrogen-bond acceptors (Lipinski definition) is 4. The van der Waals surface area contributed by atoms with Crippen molar-refractivity contribution in [3.05, 3.63) is 53.6 Å². The molecule has 0 saturated heterocycles. The Balaban J connectivity index is 1.77. The van der Waals surface area contributed by atoms with Gasteiger partial charge in [-0.3, -0.25) is 0 Å². The Morgan fingerprint density at radius 2 is 1.90 bits per heavy atom. The number of aromatic nitrogens is 6. The Morgan fingerprint density at radius 1 is 1.03 bits per heavy atom. The van der Waals surface area contributed by atoms with E-state index in [0.717, 1.165) is 49.2 Å². The van der Waals surface area contributed by atoms with Gasteiger partial charge in [0.15, 0.2) is 11.5 Å². The molecule has 4 heterocycles. The van der Waals surface area contributed by atoms with E-state index in [1.165, 1.54) is 12.1 Å². The van der Waals surface area contributed by atoms with E-state index in [2.05, 4.69) is 14.8 Å². The summed E-state index contributed by atoms with van der Waals surface area (Å²) in [5, 5.41) is 13.2. The number of hydrogen-bond donors (Lipinski definition) is 0. The minimum absolute atomic E-state index is 0.154. The molecule has 0 bridgehead atoms. The van der Waals surface area contributed by atoms with E-state index in [9.17, 15) is 8.78 Å². The van der Waals surface area contributed by atoms with Crippen molar-refractivity contribution in [3.8, 4) is 22.6 Å². The summed E-state index contributed by atoms with van der Waals surface area (Å²) in [6.45, 7) is 4.86. The van der Waals surface area contributed by atoms with Crippen LogP contribution in [0.25, 0.3) is 28.3 Å². The second-order valence-corrected chi connectivity index (χ2v) is 7.66. The molecule has 0 spiro atoms. The highest BCUT2D eigenvalue weighted by Crippen LogP contribution is 2.35. The highest BCUT2D eigenvalue weighted by molar-refractivity contribution is 5.78. The lowest BCUT2D eigenvalue weighted by molar-refractivity contribution is 0.525. The molecule has 0 amide bonds. The molecule has 3 aromatic heterocycles. The molecule has 1 aromatic carbocycles. The predicted octanol–water partition coefficient (Wildman–Crippen LogP) is 4.39. The Bertz CT molecular complexity index is 1220. The zero-order valence-electron chi connectivity index (χ0n) is 16.2. The number of benzene rings is 1. The topological polar surface area (TPSA) is 60.9 Å². The summed E-state index contributed by atoms with van der Waals surface area (Å²) in [5.74, 6) is 0.577. The van der Waals surface area contributed by atoms with Gasteiger partial charge in [0, 0.05) is 30.5 Å². The van der Waals surface area contributed by atoms with Crippen LogP contribution in [0.3, 0.4) is 0 Å². The number of nitrogens with zero attached hydrogens (tertiary/aromatic N) is 6. The van der Waals surface area contributed by atoms with Crippen molar-refractivity contribution in [3.63, 3.8) is 0 Å². The summed E-state index contributed by atoms with van der Waals surface area (Å²) in [4.78, 5) is 4.73. The van der Waals surface area contributed by atoms with Gasteiger partial charge in [-0.2, -0.15) is 9.61 Å². The first-order chi connectivity index (χ1) is 14.0. The average molecular weight is 394 g/mol. The van der Waals surface area contributed by atoms with Crippen LogP contribution < -0.4 is 0 Å². The zero-order valence-corrected chi connectivity index (χ0v) is 16.2. The van der Waals surface area contributed by atoms with E-state index < -0.39 is 11.6 Å². The van der Waals surface area contributed by atoms with Crippen LogP contribution in [-0.4, -0.2) is 29.4 Å². The van der Waals surface area contributed by atoms with E-state index >= 15 is 0 Å². The summed E-state index contributed by atoms with van der Waals surface area (Å²) in [7, 11) is 0. The lowest BCUT2D eigenvalue weighted by Gasteiger charge is -2.16. The summed E-state index contributed by atoms with van der Waals surface area (Å²) < 4.78 is 31.9. The quantitative estimate of drug-likeness (QED) is 0.517. The lowest BCUT2D eigenvalue weighted by Crippen LogP contribution is -2.12. The summed E-state index contributed by atoms with van der Waals surface area (Å²) in [5.41, 5.74) is 2.84. The maximum atomic E-state index is 14.6. The van der Waals surface area contributed by atoms with E-state index in [4.69, 9.17) is 10.1 Å². The zero-order chi connectivity index (χ0) is 20.1. The minimum Gasteiger partial charge on any atom is -0.326 e. The number of imidazole rings is 1. The highest BCUT2D eigenvalue weighted by atomic mass is 19.1. The Labute approximate surface area is 166 Å². The molecule has 0 aliphatic carbocycles. The van der Waals surface area contributed by atoms with Gasteiger partial charge in [0.05, 0.1) is 5.69 Å². The van der Waals surface area contributed by atoms with Crippen LogP contribution in [0.4, 0.5) is 8.78 Å². The molecule has 0 radical (unpaired) electrons. The second-order valence-electron chi connectivity index (χ2n) is 7.66. The summed E-state index contributed by atoms with van der Waals surface area (Å²) in [6, 6.07) is 7.31. The van der Waals surface area contributed by atoms with Crippen LogP contribution in [0.2, 0.25) is 0 Å². The third-order valence-corrected chi connectivity index (χ3v) is 5.31. The standard InChI is InChI=1S/C21H20F2N6/c1-12(2)21-26-25-18-9-8-16(27-29(18)21)20-19(14-7-6-13(22)11-15(14)23)24-17-5-3-4-10-28(17)20/h6-9,11-12H,3-5,10H2,1-2H3. The second kappa shape index (κ2) is 6.72. The maximum Gasteiger partial charge on any atom is 0.177 e. The summed E-state index contributed by atoms with van der Waals surface area (Å²) >= 11 is 0. The van der Waals surface area contributed by atoms with Crippen molar-refractivity contribution >= 4 is 5.65 Å². The van der Waals surface area contributed by atoms with Crippen LogP contribution in [0.1, 0.15) is 44.3 Å². The summed E-state index contributed by atoms with van der Waals surface area (Å²) in [6.07, 6.45) is 2.88. The number of aryl methyl sites for hydroxylation is 1. The van der Waals surface area contributed by atoms with E-state index in [1.54, 1.807) is 4.52 Å².